The van der Waals surface area contributed by atoms with Crippen molar-refractivity contribution in [1.29, 1.82) is 0 Å². The second-order valence-corrected chi connectivity index (χ2v) is 4.69. The van der Waals surface area contributed by atoms with E-state index in [1.807, 2.05) is 0 Å². The van der Waals surface area contributed by atoms with Crippen LogP contribution in [0.2, 0.25) is 0 Å². The third-order valence-electron chi connectivity index (χ3n) is 2.55. The maximum absolute atomic E-state index is 2.42. The molecule has 1 nitrogen and oxygen atoms in total. The smallest absolute Gasteiger partial charge is 0.0591 e. The van der Waals surface area contributed by atoms with E-state index >= 15 is 0 Å². The minimum atomic E-state index is 1.19. The molecule has 0 spiro atoms. The summed E-state index contributed by atoms with van der Waals surface area (Å²) in [4.78, 5) is 0. The predicted octanol–water partition coefficient (Wildman–Crippen LogP) is 3.57. The number of anilines is 1. The lowest BCUT2D eigenvalue weighted by molar-refractivity contribution is 0.677. The van der Waals surface area contributed by atoms with Gasteiger partial charge in [-0.05, 0) is 30.9 Å². The van der Waals surface area contributed by atoms with Crippen molar-refractivity contribution in [2.24, 2.45) is 0 Å². The summed E-state index contributed by atoms with van der Waals surface area (Å²) in [5, 5.41) is 0. The van der Waals surface area contributed by atoms with E-state index in [-0.39, 0.29) is 0 Å². The molecule has 1 aromatic rings. The molecule has 0 aliphatic carbocycles. The van der Waals surface area contributed by atoms with Gasteiger partial charge in [0, 0.05) is 12.2 Å². The Hall–Kier alpha value is -0.250. The molecule has 13 heavy (non-hydrogen) atoms. The van der Waals surface area contributed by atoms with Gasteiger partial charge in [-0.25, -0.2) is 0 Å². The van der Waals surface area contributed by atoms with Gasteiger partial charge in [-0.2, -0.15) is 0 Å². The molecule has 0 unspecified atom stereocenters. The SMILES string of the molecule is IN1CCCCCc2ccccc21. The lowest BCUT2D eigenvalue weighted by Gasteiger charge is -2.22. The van der Waals surface area contributed by atoms with Crippen molar-refractivity contribution in [3.8, 4) is 0 Å². The summed E-state index contributed by atoms with van der Waals surface area (Å²) in [5.41, 5.74) is 2.93. The van der Waals surface area contributed by atoms with Crippen molar-refractivity contribution in [1.82, 2.24) is 0 Å². The fourth-order valence-electron chi connectivity index (χ4n) is 1.82. The Morgan fingerprint density at radius 2 is 1.92 bits per heavy atom. The van der Waals surface area contributed by atoms with E-state index in [0.29, 0.717) is 0 Å². The average Bonchev–Trinajstić information content (AvgIpc) is 2.14. The second-order valence-electron chi connectivity index (χ2n) is 3.53. The topological polar surface area (TPSA) is 3.24 Å². The van der Waals surface area contributed by atoms with Crippen LogP contribution in [0.1, 0.15) is 24.8 Å². The number of benzene rings is 1. The van der Waals surface area contributed by atoms with Crippen LogP contribution in [0.4, 0.5) is 5.69 Å². The second kappa shape index (κ2) is 4.31. The van der Waals surface area contributed by atoms with Crippen molar-refractivity contribution >= 4 is 28.6 Å². The van der Waals surface area contributed by atoms with Crippen molar-refractivity contribution in [2.45, 2.75) is 25.7 Å². The molecule has 1 aliphatic rings. The van der Waals surface area contributed by atoms with Crippen LogP contribution in [0.15, 0.2) is 24.3 Å². The molecule has 0 saturated heterocycles. The van der Waals surface area contributed by atoms with E-state index in [0.717, 1.165) is 0 Å². The molecule has 2 heteroatoms. The van der Waals surface area contributed by atoms with Crippen LogP contribution in [0, 0.1) is 0 Å². The monoisotopic (exact) mass is 287 g/mol. The summed E-state index contributed by atoms with van der Waals surface area (Å²) < 4.78 is 2.35. The quantitative estimate of drug-likeness (QED) is 0.521. The molecule has 0 N–H and O–H groups in total. The number of fused-ring (bicyclic) bond motifs is 1. The van der Waals surface area contributed by atoms with E-state index in [4.69, 9.17) is 0 Å². The molecule has 2 rings (SSSR count). The fraction of sp³-hybridized carbons (Fsp3) is 0.455. The summed E-state index contributed by atoms with van der Waals surface area (Å²) in [6.45, 7) is 1.19. The van der Waals surface area contributed by atoms with E-state index in [1.54, 1.807) is 0 Å². The fourth-order valence-corrected chi connectivity index (χ4v) is 2.63. The summed E-state index contributed by atoms with van der Waals surface area (Å²) in [7, 11) is 0. The van der Waals surface area contributed by atoms with Crippen LogP contribution in [-0.2, 0) is 6.42 Å². The van der Waals surface area contributed by atoms with Crippen LogP contribution in [0.25, 0.3) is 0 Å². The Morgan fingerprint density at radius 3 is 2.85 bits per heavy atom. The molecule has 0 radical (unpaired) electrons. The van der Waals surface area contributed by atoms with Gasteiger partial charge in [0.2, 0.25) is 0 Å². The Labute approximate surface area is 93.6 Å². The van der Waals surface area contributed by atoms with E-state index in [9.17, 15) is 0 Å². The molecule has 70 valence electrons. The average molecular weight is 287 g/mol. The zero-order valence-corrected chi connectivity index (χ0v) is 9.83. The molecule has 1 aliphatic heterocycles. The number of halogens is 1. The molecule has 1 heterocycles. The molecule has 1 aromatic carbocycles. The third-order valence-corrected chi connectivity index (χ3v) is 3.56. The van der Waals surface area contributed by atoms with Gasteiger partial charge in [-0.15, -0.1) is 0 Å². The van der Waals surface area contributed by atoms with E-state index in [1.165, 1.54) is 43.5 Å². The first-order valence-electron chi connectivity index (χ1n) is 4.89. The number of aryl methyl sites for hydroxylation is 1. The van der Waals surface area contributed by atoms with Gasteiger partial charge in [0.25, 0.3) is 0 Å². The molecule has 0 saturated carbocycles. The highest BCUT2D eigenvalue weighted by Gasteiger charge is 2.10. The maximum atomic E-state index is 2.42. The highest BCUT2D eigenvalue weighted by atomic mass is 127. The van der Waals surface area contributed by atoms with Gasteiger partial charge in [0.15, 0.2) is 0 Å². The van der Waals surface area contributed by atoms with Crippen molar-refractivity contribution < 1.29 is 0 Å². The minimum Gasteiger partial charge on any atom is -0.315 e. The van der Waals surface area contributed by atoms with Gasteiger partial charge in [0.1, 0.15) is 0 Å². The standard InChI is InChI=1S/C11H14IN/c12-13-9-5-1-2-6-10-7-3-4-8-11(10)13/h3-4,7-8H,1-2,5-6,9H2. The Kier molecular flexibility index (Phi) is 3.09. The lowest BCUT2D eigenvalue weighted by atomic mass is 10.0. The van der Waals surface area contributed by atoms with Gasteiger partial charge in [0.05, 0.1) is 22.9 Å². The van der Waals surface area contributed by atoms with Crippen LogP contribution in [-0.4, -0.2) is 6.54 Å². The van der Waals surface area contributed by atoms with E-state index < -0.39 is 0 Å². The summed E-state index contributed by atoms with van der Waals surface area (Å²) in [5.74, 6) is 0. The third kappa shape index (κ3) is 2.16. The first-order valence-corrected chi connectivity index (χ1v) is 5.85. The zero-order chi connectivity index (χ0) is 9.10. The normalized spacial score (nSPS) is 17.5. The molecular formula is C11H14IN. The predicted molar refractivity (Wildman–Crippen MR) is 65.4 cm³/mol. The molecule has 0 atom stereocenters. The van der Waals surface area contributed by atoms with Crippen LogP contribution in [0.5, 0.6) is 0 Å². The number of hydrogen-bond donors (Lipinski definition) is 0. The molecule has 0 bridgehead atoms. The summed E-state index contributed by atoms with van der Waals surface area (Å²) >= 11 is 2.42. The Bertz CT molecular complexity index is 285. The molecular weight excluding hydrogens is 273 g/mol. The van der Waals surface area contributed by atoms with Crippen LogP contribution in [0.3, 0.4) is 0 Å². The number of nitrogens with zero attached hydrogens (tertiary/aromatic N) is 1. The van der Waals surface area contributed by atoms with Crippen molar-refractivity contribution in [2.75, 3.05) is 9.66 Å². The van der Waals surface area contributed by atoms with Gasteiger partial charge in [-0.3, -0.25) is 0 Å². The zero-order valence-electron chi connectivity index (χ0n) is 7.67. The lowest BCUT2D eigenvalue weighted by Crippen LogP contribution is -2.14. The summed E-state index contributed by atoms with van der Waals surface area (Å²) in [6, 6.07) is 8.76. The van der Waals surface area contributed by atoms with Gasteiger partial charge < -0.3 is 3.11 Å². The molecule has 0 aromatic heterocycles. The van der Waals surface area contributed by atoms with Gasteiger partial charge >= 0.3 is 0 Å². The highest BCUT2D eigenvalue weighted by molar-refractivity contribution is 14.1. The molecule has 0 amide bonds. The first kappa shape index (κ1) is 9.31. The Morgan fingerprint density at radius 1 is 1.08 bits per heavy atom. The number of para-hydroxylation sites is 1. The maximum Gasteiger partial charge on any atom is 0.0591 e. The van der Waals surface area contributed by atoms with Crippen molar-refractivity contribution in [3.05, 3.63) is 29.8 Å². The first-order chi connectivity index (χ1) is 6.38. The molecule has 0 fully saturated rings. The van der Waals surface area contributed by atoms with Gasteiger partial charge in [-0.1, -0.05) is 24.6 Å². The summed E-state index contributed by atoms with van der Waals surface area (Å²) in [6.07, 6.45) is 5.29. The van der Waals surface area contributed by atoms with Crippen LogP contribution >= 0.6 is 22.9 Å². The van der Waals surface area contributed by atoms with E-state index in [2.05, 4.69) is 50.2 Å². The largest absolute Gasteiger partial charge is 0.315 e. The number of rotatable bonds is 0. The Balaban J connectivity index is 2.31. The highest BCUT2D eigenvalue weighted by Crippen LogP contribution is 2.27. The van der Waals surface area contributed by atoms with Crippen molar-refractivity contribution in [3.63, 3.8) is 0 Å². The minimum absolute atomic E-state index is 1.19. The van der Waals surface area contributed by atoms with Crippen LogP contribution < -0.4 is 3.11 Å². The number of hydrogen-bond acceptors (Lipinski definition) is 1.